The number of halogens is 1. The Bertz CT molecular complexity index is 810. The van der Waals surface area contributed by atoms with Crippen molar-refractivity contribution in [1.29, 1.82) is 0 Å². The fourth-order valence-electron chi connectivity index (χ4n) is 2.28. The third-order valence-corrected chi connectivity index (χ3v) is 3.73. The second-order valence-electron chi connectivity index (χ2n) is 4.69. The van der Waals surface area contributed by atoms with Crippen LogP contribution in [0.5, 0.6) is 0 Å². The minimum atomic E-state index is -0.120. The van der Waals surface area contributed by atoms with Crippen molar-refractivity contribution >= 4 is 38.4 Å². The number of amides is 1. The molecule has 1 aromatic carbocycles. The van der Waals surface area contributed by atoms with Gasteiger partial charge in [-0.2, -0.15) is 0 Å². The SMILES string of the molecule is CCn1cc(Br)cc1C(=O)Nc1ccc2ncccc2c1. The van der Waals surface area contributed by atoms with Crippen LogP contribution < -0.4 is 5.32 Å². The molecular formula is C16H14BrN3O. The Labute approximate surface area is 130 Å². The summed E-state index contributed by atoms with van der Waals surface area (Å²) >= 11 is 3.40. The predicted octanol–water partition coefficient (Wildman–Crippen LogP) is 4.07. The molecule has 21 heavy (non-hydrogen) atoms. The Morgan fingerprint density at radius 1 is 1.33 bits per heavy atom. The number of carbonyl (C=O) groups is 1. The lowest BCUT2D eigenvalue weighted by Crippen LogP contribution is -2.16. The zero-order valence-corrected chi connectivity index (χ0v) is 13.1. The van der Waals surface area contributed by atoms with Gasteiger partial charge in [-0.3, -0.25) is 9.78 Å². The summed E-state index contributed by atoms with van der Waals surface area (Å²) in [6.45, 7) is 2.75. The summed E-state index contributed by atoms with van der Waals surface area (Å²) in [5, 5.41) is 3.93. The Hall–Kier alpha value is -2.14. The van der Waals surface area contributed by atoms with E-state index in [-0.39, 0.29) is 5.91 Å². The smallest absolute Gasteiger partial charge is 0.272 e. The van der Waals surface area contributed by atoms with Crippen molar-refractivity contribution in [3.05, 3.63) is 59.0 Å². The number of nitrogens with one attached hydrogen (secondary N) is 1. The third-order valence-electron chi connectivity index (χ3n) is 3.30. The van der Waals surface area contributed by atoms with Gasteiger partial charge in [0.15, 0.2) is 0 Å². The van der Waals surface area contributed by atoms with Gasteiger partial charge in [-0.1, -0.05) is 6.07 Å². The molecule has 0 spiro atoms. The number of rotatable bonds is 3. The van der Waals surface area contributed by atoms with E-state index < -0.39 is 0 Å². The molecule has 2 aromatic heterocycles. The second kappa shape index (κ2) is 5.69. The molecule has 3 rings (SSSR count). The van der Waals surface area contributed by atoms with E-state index in [9.17, 15) is 4.79 Å². The molecule has 0 aliphatic carbocycles. The van der Waals surface area contributed by atoms with Crippen LogP contribution in [-0.2, 0) is 6.54 Å². The van der Waals surface area contributed by atoms with Crippen molar-refractivity contribution in [2.24, 2.45) is 0 Å². The van der Waals surface area contributed by atoms with Gasteiger partial charge in [-0.25, -0.2) is 0 Å². The minimum Gasteiger partial charge on any atom is -0.343 e. The number of anilines is 1. The van der Waals surface area contributed by atoms with E-state index in [4.69, 9.17) is 0 Å². The van der Waals surface area contributed by atoms with Crippen molar-refractivity contribution in [2.45, 2.75) is 13.5 Å². The van der Waals surface area contributed by atoms with Crippen molar-refractivity contribution in [3.8, 4) is 0 Å². The van der Waals surface area contributed by atoms with Crippen molar-refractivity contribution in [2.75, 3.05) is 5.32 Å². The molecule has 0 aliphatic rings. The maximum atomic E-state index is 12.4. The zero-order valence-electron chi connectivity index (χ0n) is 11.5. The van der Waals surface area contributed by atoms with Gasteiger partial charge in [0, 0.05) is 34.5 Å². The van der Waals surface area contributed by atoms with Crippen molar-refractivity contribution < 1.29 is 4.79 Å². The minimum absolute atomic E-state index is 0.120. The highest BCUT2D eigenvalue weighted by molar-refractivity contribution is 9.10. The van der Waals surface area contributed by atoms with E-state index in [0.29, 0.717) is 5.69 Å². The van der Waals surface area contributed by atoms with E-state index in [2.05, 4.69) is 26.2 Å². The Kier molecular flexibility index (Phi) is 3.75. The van der Waals surface area contributed by atoms with E-state index in [1.54, 1.807) is 6.20 Å². The number of fused-ring (bicyclic) bond motifs is 1. The number of aryl methyl sites for hydroxylation is 1. The molecule has 2 heterocycles. The lowest BCUT2D eigenvalue weighted by molar-refractivity contribution is 0.101. The first-order chi connectivity index (χ1) is 10.2. The highest BCUT2D eigenvalue weighted by Gasteiger charge is 2.12. The highest BCUT2D eigenvalue weighted by Crippen LogP contribution is 2.19. The van der Waals surface area contributed by atoms with Crippen LogP contribution in [0.25, 0.3) is 10.9 Å². The summed E-state index contributed by atoms with van der Waals surface area (Å²) in [6.07, 6.45) is 3.66. The number of pyridine rings is 1. The molecule has 106 valence electrons. The fourth-order valence-corrected chi connectivity index (χ4v) is 2.74. The number of nitrogens with zero attached hydrogens (tertiary/aromatic N) is 2. The summed E-state index contributed by atoms with van der Waals surface area (Å²) in [7, 11) is 0. The van der Waals surface area contributed by atoms with Crippen LogP contribution in [0, 0.1) is 0 Å². The predicted molar refractivity (Wildman–Crippen MR) is 87.5 cm³/mol. The van der Waals surface area contributed by atoms with E-state index in [1.165, 1.54) is 0 Å². The molecule has 0 radical (unpaired) electrons. The monoisotopic (exact) mass is 343 g/mol. The van der Waals surface area contributed by atoms with E-state index in [1.807, 2.05) is 54.1 Å². The number of benzene rings is 1. The summed E-state index contributed by atoms with van der Waals surface area (Å²) in [5.41, 5.74) is 2.31. The van der Waals surface area contributed by atoms with E-state index in [0.717, 1.165) is 27.6 Å². The highest BCUT2D eigenvalue weighted by atomic mass is 79.9. The van der Waals surface area contributed by atoms with Crippen LogP contribution in [0.15, 0.2) is 53.3 Å². The lowest BCUT2D eigenvalue weighted by atomic mass is 10.2. The standard InChI is InChI=1S/C16H14BrN3O/c1-2-20-10-12(17)9-15(20)16(21)19-13-5-6-14-11(8-13)4-3-7-18-14/h3-10H,2H2,1H3,(H,19,21). The number of aromatic nitrogens is 2. The molecule has 1 amide bonds. The third kappa shape index (κ3) is 2.83. The van der Waals surface area contributed by atoms with Gasteiger partial charge in [0.25, 0.3) is 5.91 Å². The number of carbonyl (C=O) groups excluding carboxylic acids is 1. The average Bonchev–Trinajstić information content (AvgIpc) is 2.88. The van der Waals surface area contributed by atoms with Gasteiger partial charge in [0.2, 0.25) is 0 Å². The summed E-state index contributed by atoms with van der Waals surface area (Å²) < 4.78 is 2.80. The average molecular weight is 344 g/mol. The van der Waals surface area contributed by atoms with Gasteiger partial charge in [-0.05, 0) is 53.2 Å². The largest absolute Gasteiger partial charge is 0.343 e. The molecule has 3 aromatic rings. The van der Waals surface area contributed by atoms with Crippen molar-refractivity contribution in [3.63, 3.8) is 0 Å². The van der Waals surface area contributed by atoms with Gasteiger partial charge in [-0.15, -0.1) is 0 Å². The molecule has 4 nitrogen and oxygen atoms in total. The molecule has 0 aliphatic heterocycles. The molecular weight excluding hydrogens is 330 g/mol. The van der Waals surface area contributed by atoms with E-state index >= 15 is 0 Å². The Morgan fingerprint density at radius 3 is 3.00 bits per heavy atom. The topological polar surface area (TPSA) is 46.9 Å². The lowest BCUT2D eigenvalue weighted by Gasteiger charge is -2.08. The number of hydrogen-bond donors (Lipinski definition) is 1. The Balaban J connectivity index is 1.88. The first-order valence-electron chi connectivity index (χ1n) is 6.69. The molecule has 0 bridgehead atoms. The summed E-state index contributed by atoms with van der Waals surface area (Å²) in [5.74, 6) is -0.120. The first kappa shape index (κ1) is 13.8. The molecule has 1 N–H and O–H groups in total. The summed E-state index contributed by atoms with van der Waals surface area (Å²) in [4.78, 5) is 16.6. The van der Waals surface area contributed by atoms with Gasteiger partial charge in [0.1, 0.15) is 5.69 Å². The van der Waals surface area contributed by atoms with Crippen LogP contribution in [-0.4, -0.2) is 15.5 Å². The normalized spacial score (nSPS) is 10.8. The number of hydrogen-bond acceptors (Lipinski definition) is 2. The van der Waals surface area contributed by atoms with Gasteiger partial charge < -0.3 is 9.88 Å². The molecule has 0 fully saturated rings. The van der Waals surface area contributed by atoms with Gasteiger partial charge in [0.05, 0.1) is 5.52 Å². The molecule has 5 heteroatoms. The second-order valence-corrected chi connectivity index (χ2v) is 5.61. The molecule has 0 unspecified atom stereocenters. The van der Waals surface area contributed by atoms with Gasteiger partial charge >= 0.3 is 0 Å². The summed E-state index contributed by atoms with van der Waals surface area (Å²) in [6, 6.07) is 11.4. The van der Waals surface area contributed by atoms with Crippen LogP contribution in [0.3, 0.4) is 0 Å². The zero-order chi connectivity index (χ0) is 14.8. The van der Waals surface area contributed by atoms with Crippen molar-refractivity contribution in [1.82, 2.24) is 9.55 Å². The van der Waals surface area contributed by atoms with Crippen LogP contribution >= 0.6 is 15.9 Å². The molecule has 0 saturated heterocycles. The first-order valence-corrected chi connectivity index (χ1v) is 7.48. The maximum absolute atomic E-state index is 12.4. The van der Waals surface area contributed by atoms with Crippen LogP contribution in [0.2, 0.25) is 0 Å². The fraction of sp³-hybridized carbons (Fsp3) is 0.125. The van der Waals surface area contributed by atoms with Crippen LogP contribution in [0.1, 0.15) is 17.4 Å². The maximum Gasteiger partial charge on any atom is 0.272 e. The molecule has 0 atom stereocenters. The van der Waals surface area contributed by atoms with Crippen LogP contribution in [0.4, 0.5) is 5.69 Å². The quantitative estimate of drug-likeness (QED) is 0.779. The molecule has 0 saturated carbocycles. The Morgan fingerprint density at radius 2 is 2.19 bits per heavy atom.